The molecule has 1 aromatic rings. The van der Waals surface area contributed by atoms with Crippen molar-refractivity contribution in [1.82, 2.24) is 9.55 Å². The summed E-state index contributed by atoms with van der Waals surface area (Å²) in [5.74, 6) is 1.03. The lowest BCUT2D eigenvalue weighted by atomic mass is 10.2. The van der Waals surface area contributed by atoms with Gasteiger partial charge in [0.2, 0.25) is 5.91 Å². The number of hydrogen-bond acceptors (Lipinski definition) is 2. The standard InChI is InChI=1S/C10H16N2O/c1-4-5-9-11-6-7-12(9)10(13)8(2)3/h6-8H,4-5H2,1-3H3. The topological polar surface area (TPSA) is 34.9 Å². The van der Waals surface area contributed by atoms with Crippen LogP contribution in [0.15, 0.2) is 12.4 Å². The number of carbonyl (C=O) groups is 1. The molecule has 0 saturated heterocycles. The largest absolute Gasteiger partial charge is 0.274 e. The molecule has 0 aliphatic carbocycles. The number of rotatable bonds is 3. The first kappa shape index (κ1) is 9.96. The van der Waals surface area contributed by atoms with Gasteiger partial charge in [0.1, 0.15) is 5.82 Å². The van der Waals surface area contributed by atoms with Gasteiger partial charge in [0.15, 0.2) is 0 Å². The van der Waals surface area contributed by atoms with Crippen LogP contribution in [0.4, 0.5) is 0 Å². The van der Waals surface area contributed by atoms with E-state index in [-0.39, 0.29) is 11.8 Å². The van der Waals surface area contributed by atoms with Crippen LogP contribution in [0.3, 0.4) is 0 Å². The fourth-order valence-corrected chi connectivity index (χ4v) is 1.22. The Morgan fingerprint density at radius 1 is 1.62 bits per heavy atom. The molecule has 3 nitrogen and oxygen atoms in total. The summed E-state index contributed by atoms with van der Waals surface area (Å²) < 4.78 is 1.66. The van der Waals surface area contributed by atoms with Gasteiger partial charge in [0.05, 0.1) is 0 Å². The predicted octanol–water partition coefficient (Wildman–Crippen LogP) is 2.13. The van der Waals surface area contributed by atoms with Gasteiger partial charge in [-0.1, -0.05) is 20.8 Å². The van der Waals surface area contributed by atoms with E-state index in [1.165, 1.54) is 0 Å². The minimum atomic E-state index is 0.0322. The Bertz CT molecular complexity index is 289. The molecule has 0 saturated carbocycles. The average molecular weight is 180 g/mol. The van der Waals surface area contributed by atoms with Crippen LogP contribution in [-0.2, 0) is 6.42 Å². The molecule has 72 valence electrons. The highest BCUT2D eigenvalue weighted by atomic mass is 16.2. The van der Waals surface area contributed by atoms with E-state index in [9.17, 15) is 4.79 Å². The third-order valence-corrected chi connectivity index (χ3v) is 1.92. The summed E-state index contributed by atoms with van der Waals surface area (Å²) in [6, 6.07) is 0. The van der Waals surface area contributed by atoms with Crippen LogP contribution in [0.25, 0.3) is 0 Å². The lowest BCUT2D eigenvalue weighted by Crippen LogP contribution is -2.18. The first-order valence-electron chi connectivity index (χ1n) is 4.73. The second-order valence-electron chi connectivity index (χ2n) is 3.46. The van der Waals surface area contributed by atoms with Crippen LogP contribution in [0.2, 0.25) is 0 Å². The molecule has 0 bridgehead atoms. The molecule has 3 heteroatoms. The fraction of sp³-hybridized carbons (Fsp3) is 0.600. The third kappa shape index (κ3) is 2.17. The molecular weight excluding hydrogens is 164 g/mol. The van der Waals surface area contributed by atoms with E-state index in [2.05, 4.69) is 11.9 Å². The van der Waals surface area contributed by atoms with Gasteiger partial charge in [-0.05, 0) is 6.42 Å². The molecule has 0 radical (unpaired) electrons. The normalized spacial score (nSPS) is 10.8. The van der Waals surface area contributed by atoms with Gasteiger partial charge in [0, 0.05) is 24.7 Å². The molecule has 0 spiro atoms. The predicted molar refractivity (Wildman–Crippen MR) is 51.7 cm³/mol. The number of aromatic nitrogens is 2. The van der Waals surface area contributed by atoms with Gasteiger partial charge < -0.3 is 0 Å². The maximum absolute atomic E-state index is 11.6. The lowest BCUT2D eigenvalue weighted by Gasteiger charge is -2.07. The van der Waals surface area contributed by atoms with Gasteiger partial charge in [-0.2, -0.15) is 0 Å². The summed E-state index contributed by atoms with van der Waals surface area (Å²) in [6.45, 7) is 5.88. The molecule has 0 atom stereocenters. The molecule has 1 heterocycles. The van der Waals surface area contributed by atoms with Crippen LogP contribution in [0.1, 0.15) is 37.8 Å². The molecule has 1 aromatic heterocycles. The van der Waals surface area contributed by atoms with Crippen molar-refractivity contribution in [2.45, 2.75) is 33.6 Å². The molecule has 0 aliphatic heterocycles. The van der Waals surface area contributed by atoms with E-state index >= 15 is 0 Å². The van der Waals surface area contributed by atoms with Crippen molar-refractivity contribution in [3.63, 3.8) is 0 Å². The van der Waals surface area contributed by atoms with Crippen molar-refractivity contribution < 1.29 is 4.79 Å². The van der Waals surface area contributed by atoms with Crippen molar-refractivity contribution >= 4 is 5.91 Å². The average Bonchev–Trinajstić information content (AvgIpc) is 2.52. The fourth-order valence-electron chi connectivity index (χ4n) is 1.22. The molecule has 0 fully saturated rings. The third-order valence-electron chi connectivity index (χ3n) is 1.92. The highest BCUT2D eigenvalue weighted by Crippen LogP contribution is 2.05. The van der Waals surface area contributed by atoms with Gasteiger partial charge in [-0.3, -0.25) is 9.36 Å². The van der Waals surface area contributed by atoms with Crippen LogP contribution < -0.4 is 0 Å². The van der Waals surface area contributed by atoms with Crippen molar-refractivity contribution in [2.75, 3.05) is 0 Å². The molecule has 0 aliphatic rings. The molecule has 0 unspecified atom stereocenters. The molecule has 13 heavy (non-hydrogen) atoms. The summed E-state index contributed by atoms with van der Waals surface area (Å²) >= 11 is 0. The maximum atomic E-state index is 11.6. The van der Waals surface area contributed by atoms with Crippen molar-refractivity contribution in [3.05, 3.63) is 18.2 Å². The van der Waals surface area contributed by atoms with Crippen LogP contribution in [0, 0.1) is 5.92 Å². The van der Waals surface area contributed by atoms with Crippen molar-refractivity contribution in [2.24, 2.45) is 5.92 Å². The Morgan fingerprint density at radius 3 is 2.85 bits per heavy atom. The Kier molecular flexibility index (Phi) is 3.23. The zero-order valence-corrected chi connectivity index (χ0v) is 8.45. The van der Waals surface area contributed by atoms with Crippen molar-refractivity contribution in [1.29, 1.82) is 0 Å². The van der Waals surface area contributed by atoms with E-state index in [1.54, 1.807) is 17.0 Å². The van der Waals surface area contributed by atoms with E-state index in [1.807, 2.05) is 13.8 Å². The summed E-state index contributed by atoms with van der Waals surface area (Å²) in [7, 11) is 0. The Morgan fingerprint density at radius 2 is 2.31 bits per heavy atom. The van der Waals surface area contributed by atoms with Crippen LogP contribution in [0.5, 0.6) is 0 Å². The Balaban J connectivity index is 2.87. The monoisotopic (exact) mass is 180 g/mol. The number of aryl methyl sites for hydroxylation is 1. The number of imidazole rings is 1. The molecule has 0 N–H and O–H groups in total. The van der Waals surface area contributed by atoms with Gasteiger partial charge in [0.25, 0.3) is 0 Å². The van der Waals surface area contributed by atoms with Crippen LogP contribution in [-0.4, -0.2) is 15.5 Å². The minimum absolute atomic E-state index is 0.0322. The van der Waals surface area contributed by atoms with Crippen LogP contribution >= 0.6 is 0 Å². The second-order valence-corrected chi connectivity index (χ2v) is 3.46. The highest BCUT2D eigenvalue weighted by molar-refractivity contribution is 5.81. The minimum Gasteiger partial charge on any atom is -0.274 e. The van der Waals surface area contributed by atoms with E-state index in [4.69, 9.17) is 0 Å². The lowest BCUT2D eigenvalue weighted by molar-refractivity contribution is 0.0851. The molecule has 1 rings (SSSR count). The number of hydrogen-bond donors (Lipinski definition) is 0. The van der Waals surface area contributed by atoms with Crippen molar-refractivity contribution in [3.8, 4) is 0 Å². The summed E-state index contributed by atoms with van der Waals surface area (Å²) in [5, 5.41) is 0. The highest BCUT2D eigenvalue weighted by Gasteiger charge is 2.12. The quantitative estimate of drug-likeness (QED) is 0.714. The SMILES string of the molecule is CCCc1nccn1C(=O)C(C)C. The van der Waals surface area contributed by atoms with Gasteiger partial charge in [-0.25, -0.2) is 4.98 Å². The molecule has 0 amide bonds. The van der Waals surface area contributed by atoms with E-state index < -0.39 is 0 Å². The number of nitrogens with zero attached hydrogens (tertiary/aromatic N) is 2. The van der Waals surface area contributed by atoms with Gasteiger partial charge in [-0.15, -0.1) is 0 Å². The van der Waals surface area contributed by atoms with Gasteiger partial charge >= 0.3 is 0 Å². The maximum Gasteiger partial charge on any atom is 0.234 e. The Hall–Kier alpha value is -1.12. The zero-order chi connectivity index (χ0) is 9.84. The summed E-state index contributed by atoms with van der Waals surface area (Å²) in [6.07, 6.45) is 5.31. The van der Waals surface area contributed by atoms with E-state index in [0.717, 1.165) is 18.7 Å². The van der Waals surface area contributed by atoms with E-state index in [0.29, 0.717) is 0 Å². The Labute approximate surface area is 78.8 Å². The number of carbonyl (C=O) groups excluding carboxylic acids is 1. The first-order chi connectivity index (χ1) is 6.16. The molecule has 0 aromatic carbocycles. The second kappa shape index (κ2) is 4.21. The summed E-state index contributed by atoms with van der Waals surface area (Å²) in [5.41, 5.74) is 0. The summed E-state index contributed by atoms with van der Waals surface area (Å²) in [4.78, 5) is 15.8. The molecular formula is C10H16N2O. The smallest absolute Gasteiger partial charge is 0.234 e. The first-order valence-corrected chi connectivity index (χ1v) is 4.73. The zero-order valence-electron chi connectivity index (χ0n) is 8.45.